The van der Waals surface area contributed by atoms with Gasteiger partial charge in [0.25, 0.3) is 0 Å². The van der Waals surface area contributed by atoms with E-state index in [0.717, 1.165) is 17.0 Å². The van der Waals surface area contributed by atoms with Crippen LogP contribution >= 0.6 is 0 Å². The lowest BCUT2D eigenvalue weighted by Gasteiger charge is -2.19. The molecular formula is C13H18N4O. The van der Waals surface area contributed by atoms with E-state index in [4.69, 9.17) is 4.74 Å². The van der Waals surface area contributed by atoms with E-state index < -0.39 is 0 Å². The first-order chi connectivity index (χ1) is 8.72. The van der Waals surface area contributed by atoms with E-state index >= 15 is 0 Å². The molecular weight excluding hydrogens is 228 g/mol. The first kappa shape index (κ1) is 12.6. The third kappa shape index (κ3) is 2.68. The molecule has 2 N–H and O–H groups in total. The normalized spacial score (nSPS) is 12.7. The summed E-state index contributed by atoms with van der Waals surface area (Å²) >= 11 is 0. The predicted molar refractivity (Wildman–Crippen MR) is 69.5 cm³/mol. The van der Waals surface area contributed by atoms with Crippen LogP contribution in [0.3, 0.4) is 0 Å². The van der Waals surface area contributed by atoms with Crippen LogP contribution in [0.15, 0.2) is 30.5 Å². The fourth-order valence-electron chi connectivity index (χ4n) is 1.89. The van der Waals surface area contributed by atoms with Crippen LogP contribution in [0.1, 0.15) is 31.1 Å². The third-order valence-corrected chi connectivity index (χ3v) is 2.61. The zero-order chi connectivity index (χ0) is 13.0. The maximum Gasteiger partial charge on any atom is 0.124 e. The summed E-state index contributed by atoms with van der Waals surface area (Å²) in [7, 11) is 1.89. The summed E-state index contributed by atoms with van der Waals surface area (Å²) in [5, 5.41) is 13.8. The number of para-hydroxylation sites is 1. The second-order valence-corrected chi connectivity index (χ2v) is 4.32. The monoisotopic (exact) mass is 246 g/mol. The van der Waals surface area contributed by atoms with Gasteiger partial charge in [0.2, 0.25) is 0 Å². The minimum Gasteiger partial charge on any atom is -0.491 e. The number of rotatable bonds is 5. The van der Waals surface area contributed by atoms with Gasteiger partial charge in [-0.15, -0.1) is 0 Å². The molecule has 1 unspecified atom stereocenters. The minimum atomic E-state index is -0.0290. The molecule has 0 saturated carbocycles. The van der Waals surface area contributed by atoms with Crippen LogP contribution in [0.5, 0.6) is 5.75 Å². The highest BCUT2D eigenvalue weighted by molar-refractivity contribution is 5.39. The summed E-state index contributed by atoms with van der Waals surface area (Å²) < 4.78 is 5.83. The standard InChI is InChI=1S/C13H18N4O/c1-9(2)18-12-7-5-4-6-10(12)13(14-3)11-8-15-17-16-11/h4-9,13-14H,1-3H3,(H,15,16,17). The summed E-state index contributed by atoms with van der Waals surface area (Å²) in [5.41, 5.74) is 1.90. The number of H-pyrrole nitrogens is 1. The number of ether oxygens (including phenoxy) is 1. The van der Waals surface area contributed by atoms with Gasteiger partial charge in [0.1, 0.15) is 11.4 Å². The molecule has 0 bridgehead atoms. The molecule has 2 aromatic rings. The minimum absolute atomic E-state index is 0.0290. The Morgan fingerprint density at radius 1 is 1.28 bits per heavy atom. The van der Waals surface area contributed by atoms with Gasteiger partial charge < -0.3 is 10.1 Å². The molecule has 0 aliphatic carbocycles. The number of nitrogens with one attached hydrogen (secondary N) is 2. The highest BCUT2D eigenvalue weighted by Crippen LogP contribution is 2.29. The molecule has 0 aliphatic rings. The lowest BCUT2D eigenvalue weighted by atomic mass is 10.0. The van der Waals surface area contributed by atoms with Crippen molar-refractivity contribution in [1.82, 2.24) is 20.7 Å². The van der Waals surface area contributed by atoms with Gasteiger partial charge in [-0.1, -0.05) is 18.2 Å². The number of hydrogen-bond donors (Lipinski definition) is 2. The van der Waals surface area contributed by atoms with Crippen molar-refractivity contribution in [2.24, 2.45) is 0 Å². The molecule has 2 rings (SSSR count). The second kappa shape index (κ2) is 5.64. The Kier molecular flexibility index (Phi) is 3.94. The summed E-state index contributed by atoms with van der Waals surface area (Å²) in [6.45, 7) is 4.03. The first-order valence-corrected chi connectivity index (χ1v) is 6.01. The molecule has 0 saturated heterocycles. The average molecular weight is 246 g/mol. The van der Waals surface area contributed by atoms with Crippen LogP contribution in [0.2, 0.25) is 0 Å². The van der Waals surface area contributed by atoms with Crippen molar-refractivity contribution >= 4 is 0 Å². The molecule has 5 heteroatoms. The van der Waals surface area contributed by atoms with Gasteiger partial charge in [-0.3, -0.25) is 0 Å². The Hall–Kier alpha value is -1.88. The number of benzene rings is 1. The molecule has 0 aliphatic heterocycles. The lowest BCUT2D eigenvalue weighted by Crippen LogP contribution is -2.20. The van der Waals surface area contributed by atoms with Crippen molar-refractivity contribution in [3.63, 3.8) is 0 Å². The van der Waals surface area contributed by atoms with Gasteiger partial charge in [0, 0.05) is 5.56 Å². The zero-order valence-corrected chi connectivity index (χ0v) is 10.8. The molecule has 0 radical (unpaired) electrons. The molecule has 1 aromatic heterocycles. The molecule has 1 aromatic carbocycles. The van der Waals surface area contributed by atoms with Gasteiger partial charge in [0.15, 0.2) is 0 Å². The highest BCUT2D eigenvalue weighted by Gasteiger charge is 2.19. The molecule has 18 heavy (non-hydrogen) atoms. The van der Waals surface area contributed by atoms with E-state index in [-0.39, 0.29) is 12.1 Å². The van der Waals surface area contributed by atoms with Gasteiger partial charge >= 0.3 is 0 Å². The molecule has 96 valence electrons. The Balaban J connectivity index is 2.36. The van der Waals surface area contributed by atoms with Crippen molar-refractivity contribution in [3.05, 3.63) is 41.7 Å². The van der Waals surface area contributed by atoms with Crippen LogP contribution in [-0.2, 0) is 0 Å². The smallest absolute Gasteiger partial charge is 0.124 e. The third-order valence-electron chi connectivity index (χ3n) is 2.61. The molecule has 0 fully saturated rings. The van der Waals surface area contributed by atoms with Crippen LogP contribution in [-0.4, -0.2) is 28.6 Å². The van der Waals surface area contributed by atoms with Gasteiger partial charge in [-0.25, -0.2) is 0 Å². The molecule has 5 nitrogen and oxygen atoms in total. The fraction of sp³-hybridized carbons (Fsp3) is 0.385. The lowest BCUT2D eigenvalue weighted by molar-refractivity contribution is 0.238. The molecule has 1 atom stereocenters. The Bertz CT molecular complexity index is 481. The molecule has 0 spiro atoms. The van der Waals surface area contributed by atoms with E-state index in [2.05, 4.69) is 20.7 Å². The van der Waals surface area contributed by atoms with E-state index in [9.17, 15) is 0 Å². The van der Waals surface area contributed by atoms with Crippen LogP contribution in [0.4, 0.5) is 0 Å². The Morgan fingerprint density at radius 3 is 2.67 bits per heavy atom. The summed E-state index contributed by atoms with van der Waals surface area (Å²) in [6.07, 6.45) is 1.86. The van der Waals surface area contributed by atoms with Crippen molar-refractivity contribution in [2.45, 2.75) is 26.0 Å². The molecule has 1 heterocycles. The highest BCUT2D eigenvalue weighted by atomic mass is 16.5. The van der Waals surface area contributed by atoms with E-state index in [1.54, 1.807) is 6.20 Å². The summed E-state index contributed by atoms with van der Waals surface area (Å²) in [4.78, 5) is 0. The first-order valence-electron chi connectivity index (χ1n) is 6.01. The maximum atomic E-state index is 5.83. The Morgan fingerprint density at radius 2 is 2.06 bits per heavy atom. The second-order valence-electron chi connectivity index (χ2n) is 4.32. The van der Waals surface area contributed by atoms with Crippen molar-refractivity contribution in [2.75, 3.05) is 7.05 Å². The van der Waals surface area contributed by atoms with Crippen LogP contribution in [0.25, 0.3) is 0 Å². The molecule has 0 amide bonds. The number of nitrogens with zero attached hydrogens (tertiary/aromatic N) is 2. The van der Waals surface area contributed by atoms with Gasteiger partial charge in [-0.2, -0.15) is 15.4 Å². The SMILES string of the molecule is CNC(c1cn[nH]n1)c1ccccc1OC(C)C. The fourth-order valence-corrected chi connectivity index (χ4v) is 1.89. The van der Waals surface area contributed by atoms with Gasteiger partial charge in [0.05, 0.1) is 18.3 Å². The zero-order valence-electron chi connectivity index (χ0n) is 10.8. The summed E-state index contributed by atoms with van der Waals surface area (Å²) in [5.74, 6) is 0.870. The Labute approximate surface area is 107 Å². The van der Waals surface area contributed by atoms with Crippen LogP contribution < -0.4 is 10.1 Å². The maximum absolute atomic E-state index is 5.83. The summed E-state index contributed by atoms with van der Waals surface area (Å²) in [6, 6.07) is 7.94. The van der Waals surface area contributed by atoms with Crippen molar-refractivity contribution in [3.8, 4) is 5.75 Å². The number of aromatic nitrogens is 3. The largest absolute Gasteiger partial charge is 0.491 e. The number of hydrogen-bond acceptors (Lipinski definition) is 4. The average Bonchev–Trinajstić information content (AvgIpc) is 2.85. The van der Waals surface area contributed by atoms with E-state index in [1.165, 1.54) is 0 Å². The topological polar surface area (TPSA) is 62.8 Å². The predicted octanol–water partition coefficient (Wildman–Crippen LogP) is 1.90. The van der Waals surface area contributed by atoms with Gasteiger partial charge in [-0.05, 0) is 27.0 Å². The van der Waals surface area contributed by atoms with E-state index in [0.29, 0.717) is 0 Å². The quantitative estimate of drug-likeness (QED) is 0.845. The number of aromatic amines is 1. The van der Waals surface area contributed by atoms with E-state index in [1.807, 2.05) is 45.2 Å². The van der Waals surface area contributed by atoms with Crippen LogP contribution in [0, 0.1) is 0 Å². The van der Waals surface area contributed by atoms with Crippen molar-refractivity contribution in [1.29, 1.82) is 0 Å². The van der Waals surface area contributed by atoms with Crippen molar-refractivity contribution < 1.29 is 4.74 Å².